The van der Waals surface area contributed by atoms with Crippen molar-refractivity contribution in [2.24, 2.45) is 0 Å². The molecule has 24 heteroatoms. The van der Waals surface area contributed by atoms with Gasteiger partial charge in [-0.25, -0.2) is 14.6 Å². The highest BCUT2D eigenvalue weighted by atomic mass is 16.5. The average Bonchev–Trinajstić information content (AvgIpc) is 2.97. The molecule has 5 amide bonds. The Morgan fingerprint density at radius 2 is 1.06 bits per heavy atom. The van der Waals surface area contributed by atoms with Gasteiger partial charge in [0.1, 0.15) is 0 Å². The molecule has 0 spiro atoms. The lowest BCUT2D eigenvalue weighted by atomic mass is 10.1. The summed E-state index contributed by atoms with van der Waals surface area (Å²) in [7, 11) is 2.11. The van der Waals surface area contributed by atoms with E-state index in [0.717, 1.165) is 96.8 Å². The zero-order chi connectivity index (χ0) is 59.4. The number of para-hydroxylation sites is 1. The maximum Gasteiger partial charge on any atom is 0.345 e. The van der Waals surface area contributed by atoms with E-state index in [2.05, 4.69) is 78.3 Å². The number of ether oxygens (including phenoxy) is 2. The number of nitrogens with one attached hydrogen (secondary N) is 3. The minimum Gasteiger partial charge on any atom is -0.378 e. The van der Waals surface area contributed by atoms with Crippen LogP contribution in [0, 0.1) is 0 Å². The Hall–Kier alpha value is -8.13. The van der Waals surface area contributed by atoms with Gasteiger partial charge in [-0.2, -0.15) is 39.9 Å². The quantitative estimate of drug-likeness (QED) is 0.0849. The summed E-state index contributed by atoms with van der Waals surface area (Å²) in [5.74, 6) is 3.01. The van der Waals surface area contributed by atoms with Gasteiger partial charge in [0, 0.05) is 139 Å². The molecule has 7 heterocycles. The Labute approximate surface area is 504 Å². The predicted molar refractivity (Wildman–Crippen MR) is 336 cm³/mol. The summed E-state index contributed by atoms with van der Waals surface area (Å²) in [6.45, 7) is 22.3. The Bertz CT molecular complexity index is 3190. The predicted octanol–water partition coefficient (Wildman–Crippen LogP) is 6.81. The van der Waals surface area contributed by atoms with Gasteiger partial charge in [0.15, 0.2) is 11.6 Å². The highest BCUT2D eigenvalue weighted by Crippen LogP contribution is 2.31. The van der Waals surface area contributed by atoms with Crippen molar-refractivity contribution in [3.63, 3.8) is 0 Å². The van der Waals surface area contributed by atoms with E-state index in [1.165, 1.54) is 10.0 Å². The third-order valence-corrected chi connectivity index (χ3v) is 16.3. The number of anilines is 8. The van der Waals surface area contributed by atoms with Crippen molar-refractivity contribution in [2.75, 3.05) is 186 Å². The third-order valence-electron chi connectivity index (χ3n) is 16.3. The van der Waals surface area contributed by atoms with Gasteiger partial charge in [0.25, 0.3) is 5.91 Å². The van der Waals surface area contributed by atoms with Gasteiger partial charge in [-0.05, 0) is 125 Å². The number of morpholine rings is 2. The number of hydrazine groups is 2. The van der Waals surface area contributed by atoms with Crippen molar-refractivity contribution < 1.29 is 23.9 Å². The summed E-state index contributed by atoms with van der Waals surface area (Å²) >= 11 is 0. The number of rotatable bonds is 16. The summed E-state index contributed by atoms with van der Waals surface area (Å²) in [6.07, 6.45) is 3.23. The Kier molecular flexibility index (Phi) is 19.7. The first-order valence-electron chi connectivity index (χ1n) is 30.5. The van der Waals surface area contributed by atoms with E-state index in [9.17, 15) is 4.79 Å². The standard InChI is InChI=1S/C62H81N19O5/c1-5-6-25-73-30-32-75(33-31-73)56(82)49-17-23-53(24-18-49)81(62(84)64-51-19-13-47(14-20-51)55-67-59(70-60(68-55)78-40-44-86-45-41-78)76-27-10-26-74(34-35-76)46(2)3)80(61(83)63-50-11-8-7-9-12-50)52-21-15-48(16-22-52)54-65-57(71-79-36-28-72(4)29-37-79)69-58(66-54)77-38-42-85-43-39-77/h7-9,11-24,46H,5-6,10,25-45H2,1-4H3,(H,63,83)(H,64,84)(H,65,66,69,71). The van der Waals surface area contributed by atoms with Gasteiger partial charge >= 0.3 is 12.1 Å². The van der Waals surface area contributed by atoms with E-state index in [4.69, 9.17) is 39.4 Å². The molecule has 0 unspecified atom stereocenters. The maximum absolute atomic E-state index is 15.4. The highest BCUT2D eigenvalue weighted by molar-refractivity contribution is 6.13. The second-order valence-corrected chi connectivity index (χ2v) is 22.6. The number of amides is 5. The summed E-state index contributed by atoms with van der Waals surface area (Å²) in [5, 5.41) is 10.8. The van der Waals surface area contributed by atoms with Crippen molar-refractivity contribution in [1.29, 1.82) is 0 Å². The molecule has 5 saturated heterocycles. The fourth-order valence-corrected chi connectivity index (χ4v) is 11.2. The monoisotopic (exact) mass is 1170 g/mol. The molecule has 2 aromatic heterocycles. The van der Waals surface area contributed by atoms with Crippen LogP contribution in [-0.4, -0.2) is 223 Å². The van der Waals surface area contributed by atoms with Gasteiger partial charge in [0.05, 0.1) is 37.8 Å². The smallest absolute Gasteiger partial charge is 0.345 e. The second-order valence-electron chi connectivity index (χ2n) is 22.6. The fourth-order valence-electron chi connectivity index (χ4n) is 11.2. The number of urea groups is 2. The molecule has 4 aromatic carbocycles. The number of carbonyl (C=O) groups excluding carboxylic acids is 3. The van der Waals surface area contributed by atoms with Gasteiger partial charge in [0.2, 0.25) is 23.8 Å². The molecule has 6 aromatic rings. The van der Waals surface area contributed by atoms with Crippen LogP contribution in [0.2, 0.25) is 0 Å². The average molecular weight is 1170 g/mol. The van der Waals surface area contributed by atoms with E-state index in [0.29, 0.717) is 141 Å². The zero-order valence-electron chi connectivity index (χ0n) is 50.1. The molecule has 5 fully saturated rings. The number of benzene rings is 4. The van der Waals surface area contributed by atoms with Crippen LogP contribution in [-0.2, 0) is 9.47 Å². The molecule has 0 saturated carbocycles. The van der Waals surface area contributed by atoms with Gasteiger partial charge in [-0.15, -0.1) is 0 Å². The summed E-state index contributed by atoms with van der Waals surface area (Å²) in [4.78, 5) is 90.1. The van der Waals surface area contributed by atoms with Crippen molar-refractivity contribution in [2.45, 2.75) is 46.1 Å². The molecule has 454 valence electrons. The van der Waals surface area contributed by atoms with Crippen molar-refractivity contribution in [3.8, 4) is 22.8 Å². The number of carbonyl (C=O) groups is 3. The number of likely N-dealkylation sites (N-methyl/N-ethyl adjacent to an activating group) is 1. The summed E-state index contributed by atoms with van der Waals surface area (Å²) < 4.78 is 11.4. The van der Waals surface area contributed by atoms with Crippen LogP contribution in [0.25, 0.3) is 22.8 Å². The molecule has 0 radical (unpaired) electrons. The normalized spacial score (nSPS) is 17.7. The largest absolute Gasteiger partial charge is 0.378 e. The van der Waals surface area contributed by atoms with E-state index >= 15 is 9.59 Å². The van der Waals surface area contributed by atoms with E-state index < -0.39 is 12.1 Å². The second kappa shape index (κ2) is 28.4. The minimum absolute atomic E-state index is 0.0967. The first kappa shape index (κ1) is 59.6. The minimum atomic E-state index is -0.659. The van der Waals surface area contributed by atoms with Crippen molar-refractivity contribution in [3.05, 3.63) is 109 Å². The number of hydrogen-bond donors (Lipinski definition) is 3. The molecular weight excluding hydrogens is 1090 g/mol. The number of nitrogens with zero attached hydrogens (tertiary/aromatic N) is 16. The lowest BCUT2D eigenvalue weighted by Crippen LogP contribution is -2.54. The summed E-state index contributed by atoms with van der Waals surface area (Å²) in [5.41, 5.74) is 6.93. The number of piperazine rings is 2. The summed E-state index contributed by atoms with van der Waals surface area (Å²) in [6, 6.07) is 29.6. The lowest BCUT2D eigenvalue weighted by Gasteiger charge is -2.35. The van der Waals surface area contributed by atoms with Gasteiger partial charge < -0.3 is 44.6 Å². The van der Waals surface area contributed by atoms with Gasteiger partial charge in [-0.1, -0.05) is 31.5 Å². The molecule has 24 nitrogen and oxygen atoms in total. The van der Waals surface area contributed by atoms with Crippen LogP contribution in [0.3, 0.4) is 0 Å². The van der Waals surface area contributed by atoms with E-state index in [1.807, 2.05) is 47.4 Å². The van der Waals surface area contributed by atoms with E-state index in [-0.39, 0.29) is 5.91 Å². The van der Waals surface area contributed by atoms with Crippen LogP contribution in [0.4, 0.5) is 56.1 Å². The first-order valence-corrected chi connectivity index (χ1v) is 30.5. The molecule has 0 aliphatic carbocycles. The molecule has 0 atom stereocenters. The van der Waals surface area contributed by atoms with Crippen molar-refractivity contribution in [1.82, 2.24) is 54.5 Å². The van der Waals surface area contributed by atoms with Crippen LogP contribution < -0.4 is 40.8 Å². The Morgan fingerprint density at radius 3 is 1.63 bits per heavy atom. The van der Waals surface area contributed by atoms with E-state index in [1.54, 1.807) is 60.7 Å². The zero-order valence-corrected chi connectivity index (χ0v) is 50.1. The molecule has 11 rings (SSSR count). The van der Waals surface area contributed by atoms with Crippen LogP contribution in [0.15, 0.2) is 103 Å². The topological polar surface area (TPSA) is 216 Å². The highest BCUT2D eigenvalue weighted by Gasteiger charge is 2.32. The Balaban J connectivity index is 0.926. The molecule has 86 heavy (non-hydrogen) atoms. The van der Waals surface area contributed by atoms with Crippen LogP contribution in [0.5, 0.6) is 0 Å². The molecule has 0 bridgehead atoms. The van der Waals surface area contributed by atoms with Crippen LogP contribution in [0.1, 0.15) is 50.4 Å². The Morgan fingerprint density at radius 1 is 0.535 bits per heavy atom. The third kappa shape index (κ3) is 14.9. The number of aromatic nitrogens is 6. The number of hydrogen-bond acceptors (Lipinski definition) is 19. The molecule has 5 aliphatic rings. The van der Waals surface area contributed by atoms with Gasteiger partial charge in [-0.3, -0.25) is 20.0 Å². The first-order chi connectivity index (χ1) is 42.0. The molecule has 5 aliphatic heterocycles. The number of unbranched alkanes of at least 4 members (excludes halogenated alkanes) is 1. The van der Waals surface area contributed by atoms with Crippen molar-refractivity contribution >= 4 is 64.5 Å². The lowest BCUT2D eigenvalue weighted by molar-refractivity contribution is 0.0635. The molecular formula is C62H81N19O5. The molecule has 3 N–H and O–H groups in total. The SMILES string of the molecule is CCCCN1CCN(C(=O)c2ccc(N(C(=O)Nc3ccc(-c4nc(N5CCOCC5)nc(N5CCCN(C(C)C)CC5)n4)cc3)N(C(=O)Nc3ccccc3)c3ccc(-c4nc(NN5CCN(C)CC5)nc(N5CCOCC5)n4)cc3)cc2)CC1. The maximum atomic E-state index is 15.4. The van der Waals surface area contributed by atoms with Crippen LogP contribution >= 0.6 is 0 Å². The fraction of sp³-hybridized carbons (Fsp3) is 0.468.